The molecule has 0 bridgehead atoms. The van der Waals surface area contributed by atoms with E-state index >= 15 is 0 Å². The van der Waals surface area contributed by atoms with E-state index in [1.165, 1.54) is 0 Å². The van der Waals surface area contributed by atoms with Gasteiger partial charge in [0, 0.05) is 32.2 Å². The topological polar surface area (TPSA) is 33.7 Å². The molecule has 5 heteroatoms. The predicted molar refractivity (Wildman–Crippen MR) is 69.5 cm³/mol. The van der Waals surface area contributed by atoms with Crippen LogP contribution in [-0.4, -0.2) is 46.6 Å². The van der Waals surface area contributed by atoms with E-state index in [2.05, 4.69) is 10.2 Å². The van der Waals surface area contributed by atoms with Crippen LogP contribution in [0.25, 0.3) is 0 Å². The van der Waals surface area contributed by atoms with Gasteiger partial charge < -0.3 is 19.7 Å². The van der Waals surface area contributed by atoms with Crippen molar-refractivity contribution in [3.8, 4) is 11.5 Å². The van der Waals surface area contributed by atoms with Crippen LogP contribution in [0.5, 0.6) is 11.5 Å². The minimum absolute atomic E-state index is 0.0887. The summed E-state index contributed by atoms with van der Waals surface area (Å²) in [5.41, 5.74) is 0.976. The molecule has 0 aliphatic carbocycles. The van der Waals surface area contributed by atoms with Gasteiger partial charge >= 0.3 is 0 Å². The highest BCUT2D eigenvalue weighted by Crippen LogP contribution is 2.32. The molecule has 4 nitrogen and oxygen atoms in total. The number of benzene rings is 1. The van der Waals surface area contributed by atoms with Crippen LogP contribution in [0.15, 0.2) is 18.2 Å². The van der Waals surface area contributed by atoms with Gasteiger partial charge in [0.1, 0.15) is 24.8 Å². The molecule has 1 aliphatic heterocycles. The summed E-state index contributed by atoms with van der Waals surface area (Å²) in [5.74, 6) is 1.51. The van der Waals surface area contributed by atoms with Gasteiger partial charge in [0.25, 0.3) is 0 Å². The van der Waals surface area contributed by atoms with Crippen molar-refractivity contribution in [1.29, 1.82) is 0 Å². The monoisotopic (exact) mass is 254 g/mol. The Labute approximate surface area is 107 Å². The maximum atomic E-state index is 12.2. The van der Waals surface area contributed by atoms with E-state index in [0.717, 1.165) is 43.4 Å². The van der Waals surface area contributed by atoms with Gasteiger partial charge in [0.2, 0.25) is 0 Å². The number of ether oxygens (including phenoxy) is 2. The zero-order chi connectivity index (χ0) is 12.8. The van der Waals surface area contributed by atoms with Crippen molar-refractivity contribution < 1.29 is 13.9 Å². The molecule has 0 unspecified atom stereocenters. The number of nitrogens with one attached hydrogen (secondary N) is 1. The molecule has 0 aromatic heterocycles. The number of anilines is 1. The van der Waals surface area contributed by atoms with E-state index in [0.29, 0.717) is 0 Å². The maximum absolute atomic E-state index is 12.2. The fraction of sp³-hybridized carbons (Fsp3) is 0.538. The summed E-state index contributed by atoms with van der Waals surface area (Å²) >= 11 is 0. The van der Waals surface area contributed by atoms with Crippen LogP contribution in [0, 0.1) is 0 Å². The van der Waals surface area contributed by atoms with Crippen LogP contribution in [0.4, 0.5) is 10.1 Å². The number of methoxy groups -OCH3 is 1. The minimum atomic E-state index is -0.479. The van der Waals surface area contributed by atoms with Gasteiger partial charge in [-0.05, 0) is 12.1 Å². The van der Waals surface area contributed by atoms with Crippen LogP contribution >= 0.6 is 0 Å². The lowest BCUT2D eigenvalue weighted by Gasteiger charge is -2.31. The number of rotatable bonds is 5. The van der Waals surface area contributed by atoms with Crippen LogP contribution in [0.3, 0.4) is 0 Å². The molecule has 2 rings (SSSR count). The average molecular weight is 254 g/mol. The summed E-state index contributed by atoms with van der Waals surface area (Å²) in [6, 6.07) is 5.62. The number of piperazine rings is 1. The molecular formula is C13H19FN2O2. The summed E-state index contributed by atoms with van der Waals surface area (Å²) in [6.45, 7) is 3.33. The molecule has 1 fully saturated rings. The van der Waals surface area contributed by atoms with Crippen molar-refractivity contribution in [2.75, 3.05) is 51.5 Å². The summed E-state index contributed by atoms with van der Waals surface area (Å²) in [5, 5.41) is 3.30. The molecule has 1 N–H and O–H groups in total. The first-order chi connectivity index (χ1) is 8.85. The molecule has 1 saturated heterocycles. The number of hydrogen-bond donors (Lipinski definition) is 1. The van der Waals surface area contributed by atoms with E-state index in [1.807, 2.05) is 18.2 Å². The van der Waals surface area contributed by atoms with Crippen LogP contribution in [-0.2, 0) is 0 Å². The van der Waals surface area contributed by atoms with Crippen molar-refractivity contribution >= 4 is 5.69 Å². The molecule has 100 valence electrons. The van der Waals surface area contributed by atoms with E-state index in [-0.39, 0.29) is 6.61 Å². The molecule has 18 heavy (non-hydrogen) atoms. The van der Waals surface area contributed by atoms with E-state index in [9.17, 15) is 4.39 Å². The van der Waals surface area contributed by atoms with Crippen molar-refractivity contribution in [2.24, 2.45) is 0 Å². The number of nitrogens with zero attached hydrogens (tertiary/aromatic N) is 1. The largest absolute Gasteiger partial charge is 0.497 e. The van der Waals surface area contributed by atoms with E-state index in [1.54, 1.807) is 7.11 Å². The van der Waals surface area contributed by atoms with Gasteiger partial charge in [0.15, 0.2) is 0 Å². The Morgan fingerprint density at radius 1 is 1.33 bits per heavy atom. The van der Waals surface area contributed by atoms with Crippen molar-refractivity contribution in [3.63, 3.8) is 0 Å². The first-order valence-electron chi connectivity index (χ1n) is 6.17. The van der Waals surface area contributed by atoms with Gasteiger partial charge in [0.05, 0.1) is 12.8 Å². The van der Waals surface area contributed by atoms with Crippen molar-refractivity contribution in [2.45, 2.75) is 0 Å². The van der Waals surface area contributed by atoms with Gasteiger partial charge in [-0.2, -0.15) is 0 Å². The molecule has 1 aromatic rings. The predicted octanol–water partition coefficient (Wildman–Crippen LogP) is 1.45. The Kier molecular flexibility index (Phi) is 4.64. The van der Waals surface area contributed by atoms with Crippen LogP contribution < -0.4 is 19.7 Å². The summed E-state index contributed by atoms with van der Waals surface area (Å²) < 4.78 is 22.9. The molecular weight excluding hydrogens is 235 g/mol. The molecule has 0 saturated carbocycles. The smallest absolute Gasteiger partial charge is 0.143 e. The van der Waals surface area contributed by atoms with Crippen molar-refractivity contribution in [3.05, 3.63) is 18.2 Å². The lowest BCUT2D eigenvalue weighted by atomic mass is 10.2. The molecule has 1 heterocycles. The second-order valence-electron chi connectivity index (χ2n) is 4.11. The zero-order valence-corrected chi connectivity index (χ0v) is 10.6. The van der Waals surface area contributed by atoms with Crippen LogP contribution in [0.2, 0.25) is 0 Å². The standard InChI is InChI=1S/C13H19FN2O2/c1-17-11-2-3-13(18-9-4-14)12(10-11)16-7-5-15-6-8-16/h2-3,10,15H,4-9H2,1H3. The summed E-state index contributed by atoms with van der Waals surface area (Å²) in [6.07, 6.45) is 0. The lowest BCUT2D eigenvalue weighted by Crippen LogP contribution is -2.43. The maximum Gasteiger partial charge on any atom is 0.143 e. The van der Waals surface area contributed by atoms with Crippen molar-refractivity contribution in [1.82, 2.24) is 5.32 Å². The Hall–Kier alpha value is -1.49. The zero-order valence-electron chi connectivity index (χ0n) is 10.6. The average Bonchev–Trinajstić information content (AvgIpc) is 2.46. The third-order valence-electron chi connectivity index (χ3n) is 2.96. The van der Waals surface area contributed by atoms with Crippen LogP contribution in [0.1, 0.15) is 0 Å². The third kappa shape index (κ3) is 3.04. The molecule has 0 radical (unpaired) electrons. The molecule has 0 amide bonds. The van der Waals surface area contributed by atoms with E-state index < -0.39 is 6.67 Å². The fourth-order valence-electron chi connectivity index (χ4n) is 2.05. The summed E-state index contributed by atoms with van der Waals surface area (Å²) in [7, 11) is 1.64. The fourth-order valence-corrected chi connectivity index (χ4v) is 2.05. The van der Waals surface area contributed by atoms with E-state index in [4.69, 9.17) is 9.47 Å². The Bertz CT molecular complexity index is 381. The Morgan fingerprint density at radius 2 is 2.11 bits per heavy atom. The SMILES string of the molecule is COc1ccc(OCCF)c(N2CCNCC2)c1. The Balaban J connectivity index is 2.21. The van der Waals surface area contributed by atoms with Gasteiger partial charge in [-0.1, -0.05) is 0 Å². The number of hydrogen-bond acceptors (Lipinski definition) is 4. The molecule has 0 atom stereocenters. The number of alkyl halides is 1. The second kappa shape index (κ2) is 6.44. The third-order valence-corrected chi connectivity index (χ3v) is 2.96. The highest BCUT2D eigenvalue weighted by molar-refractivity contribution is 5.62. The van der Waals surface area contributed by atoms with Gasteiger partial charge in [-0.3, -0.25) is 0 Å². The quantitative estimate of drug-likeness (QED) is 0.862. The minimum Gasteiger partial charge on any atom is -0.497 e. The summed E-state index contributed by atoms with van der Waals surface area (Å²) in [4.78, 5) is 2.23. The first-order valence-corrected chi connectivity index (χ1v) is 6.17. The second-order valence-corrected chi connectivity index (χ2v) is 4.11. The highest BCUT2D eigenvalue weighted by Gasteiger charge is 2.16. The molecule has 1 aromatic carbocycles. The molecule has 1 aliphatic rings. The van der Waals surface area contributed by atoms with Gasteiger partial charge in [-0.25, -0.2) is 4.39 Å². The number of halogens is 1. The van der Waals surface area contributed by atoms with Gasteiger partial charge in [-0.15, -0.1) is 0 Å². The molecule has 0 spiro atoms. The lowest BCUT2D eigenvalue weighted by molar-refractivity contribution is 0.273. The Morgan fingerprint density at radius 3 is 2.78 bits per heavy atom. The first kappa shape index (κ1) is 13.0. The highest BCUT2D eigenvalue weighted by atomic mass is 19.1. The normalized spacial score (nSPS) is 15.6.